The maximum Gasteiger partial charge on any atom is 0.303 e. The van der Waals surface area contributed by atoms with Gasteiger partial charge in [-0.15, -0.1) is 0 Å². The summed E-state index contributed by atoms with van der Waals surface area (Å²) in [7, 11) is 0. The van der Waals surface area contributed by atoms with Crippen molar-refractivity contribution in [1.29, 1.82) is 5.26 Å². The molecular formula is C13H12ClN3O5. The van der Waals surface area contributed by atoms with Crippen molar-refractivity contribution < 1.29 is 24.2 Å². The number of halogens is 1. The molecule has 3 N–H and O–H groups in total. The number of nitrogens with one attached hydrogen (secondary N) is 2. The molecule has 8 nitrogen and oxygen atoms in total. The van der Waals surface area contributed by atoms with Crippen LogP contribution in [-0.2, 0) is 19.1 Å². The van der Waals surface area contributed by atoms with Crippen molar-refractivity contribution in [3.8, 4) is 6.07 Å². The van der Waals surface area contributed by atoms with E-state index in [0.717, 1.165) is 6.92 Å². The van der Waals surface area contributed by atoms with Crippen LogP contribution in [0.4, 0.5) is 11.4 Å². The molecule has 9 heteroatoms. The number of aliphatic hydroxyl groups is 1. The van der Waals surface area contributed by atoms with Crippen LogP contribution < -0.4 is 10.6 Å². The lowest BCUT2D eigenvalue weighted by Crippen LogP contribution is -2.21. The second-order valence-corrected chi connectivity index (χ2v) is 4.41. The van der Waals surface area contributed by atoms with E-state index >= 15 is 0 Å². The number of amides is 2. The Labute approximate surface area is 130 Å². The van der Waals surface area contributed by atoms with Crippen molar-refractivity contribution in [3.05, 3.63) is 22.7 Å². The summed E-state index contributed by atoms with van der Waals surface area (Å²) in [6.07, 6.45) is 0. The van der Waals surface area contributed by atoms with Crippen LogP contribution in [0.3, 0.4) is 0 Å². The zero-order valence-corrected chi connectivity index (χ0v) is 12.2. The maximum atomic E-state index is 11.6. The lowest BCUT2D eigenvalue weighted by atomic mass is 10.2. The number of aliphatic hydroxyl groups excluding tert-OH is 1. The Hall–Kier alpha value is -2.63. The number of ether oxygens (including phenoxy) is 1. The van der Waals surface area contributed by atoms with Gasteiger partial charge in [-0.05, 0) is 12.1 Å². The third-order valence-electron chi connectivity index (χ3n) is 2.30. The maximum absolute atomic E-state index is 11.6. The molecule has 0 radical (unpaired) electrons. The molecule has 0 atom stereocenters. The first-order valence-electron chi connectivity index (χ1n) is 5.95. The van der Waals surface area contributed by atoms with Gasteiger partial charge >= 0.3 is 5.97 Å². The third kappa shape index (κ3) is 5.05. The Bertz CT molecular complexity index is 654. The van der Waals surface area contributed by atoms with Crippen molar-refractivity contribution in [3.63, 3.8) is 0 Å². The Morgan fingerprint density at radius 2 is 1.82 bits per heavy atom. The largest absolute Gasteiger partial charge is 0.456 e. The van der Waals surface area contributed by atoms with Gasteiger partial charge in [0.15, 0.2) is 6.61 Å². The van der Waals surface area contributed by atoms with Crippen LogP contribution in [0.2, 0.25) is 5.02 Å². The minimum absolute atomic E-state index is 0.0306. The molecule has 22 heavy (non-hydrogen) atoms. The number of nitrogens with zero attached hydrogens (tertiary/aromatic N) is 1. The predicted octanol–water partition coefficient (Wildman–Crippen LogP) is 0.644. The molecule has 0 aromatic heterocycles. The number of rotatable bonds is 5. The first kappa shape index (κ1) is 17.4. The monoisotopic (exact) mass is 325 g/mol. The van der Waals surface area contributed by atoms with E-state index in [4.69, 9.17) is 22.0 Å². The van der Waals surface area contributed by atoms with E-state index in [1.54, 1.807) is 0 Å². The summed E-state index contributed by atoms with van der Waals surface area (Å²) in [5, 5.41) is 22.3. The van der Waals surface area contributed by atoms with Crippen LogP contribution >= 0.6 is 11.6 Å². The molecule has 0 aliphatic heterocycles. The summed E-state index contributed by atoms with van der Waals surface area (Å²) in [5.41, 5.74) is 0.245. The molecule has 0 spiro atoms. The lowest BCUT2D eigenvalue weighted by Gasteiger charge is -2.12. The van der Waals surface area contributed by atoms with Gasteiger partial charge in [-0.25, -0.2) is 0 Å². The number of hydrogen-bond acceptors (Lipinski definition) is 6. The molecule has 1 aromatic carbocycles. The second-order valence-electron chi connectivity index (χ2n) is 4.03. The van der Waals surface area contributed by atoms with Gasteiger partial charge in [0.1, 0.15) is 6.61 Å². The second kappa shape index (κ2) is 7.97. The highest BCUT2D eigenvalue weighted by Crippen LogP contribution is 2.32. The summed E-state index contributed by atoms with van der Waals surface area (Å²) < 4.78 is 4.52. The zero-order valence-electron chi connectivity index (χ0n) is 11.5. The van der Waals surface area contributed by atoms with Crippen LogP contribution in [0.25, 0.3) is 0 Å². The van der Waals surface area contributed by atoms with Crippen molar-refractivity contribution in [2.45, 2.75) is 6.92 Å². The topological polar surface area (TPSA) is 129 Å². The summed E-state index contributed by atoms with van der Waals surface area (Å²) in [4.78, 5) is 33.4. The molecule has 1 rings (SSSR count). The zero-order chi connectivity index (χ0) is 16.7. The smallest absolute Gasteiger partial charge is 0.303 e. The number of carbonyl (C=O) groups excluding carboxylic acids is 3. The quantitative estimate of drug-likeness (QED) is 0.681. The number of anilines is 2. The number of hydrogen-bond donors (Lipinski definition) is 3. The summed E-state index contributed by atoms with van der Waals surface area (Å²) in [6.45, 7) is -0.124. The van der Waals surface area contributed by atoms with Gasteiger partial charge in [0.25, 0.3) is 5.91 Å². The lowest BCUT2D eigenvalue weighted by molar-refractivity contribution is -0.144. The SMILES string of the molecule is CC(=O)OCC(=O)Nc1cc(C#N)cc(NC(=O)CO)c1Cl. The van der Waals surface area contributed by atoms with Crippen molar-refractivity contribution >= 4 is 40.8 Å². The van der Waals surface area contributed by atoms with Gasteiger partial charge in [0, 0.05) is 6.92 Å². The molecule has 0 bridgehead atoms. The van der Waals surface area contributed by atoms with Crippen LogP contribution in [0.15, 0.2) is 12.1 Å². The molecule has 2 amide bonds. The molecule has 1 aromatic rings. The van der Waals surface area contributed by atoms with Gasteiger partial charge in [0.05, 0.1) is 28.0 Å². The van der Waals surface area contributed by atoms with Crippen molar-refractivity contribution in [2.24, 2.45) is 0 Å². The number of benzene rings is 1. The van der Waals surface area contributed by atoms with E-state index in [0.29, 0.717) is 0 Å². The van der Waals surface area contributed by atoms with Gasteiger partial charge in [-0.2, -0.15) is 5.26 Å². The molecule has 0 heterocycles. The van der Waals surface area contributed by atoms with E-state index in [-0.39, 0.29) is 22.0 Å². The fraction of sp³-hybridized carbons (Fsp3) is 0.231. The third-order valence-corrected chi connectivity index (χ3v) is 2.71. The first-order valence-corrected chi connectivity index (χ1v) is 6.32. The van der Waals surface area contributed by atoms with Crippen LogP contribution in [0.1, 0.15) is 12.5 Å². The van der Waals surface area contributed by atoms with Crippen molar-refractivity contribution in [2.75, 3.05) is 23.8 Å². The Morgan fingerprint density at radius 1 is 1.27 bits per heavy atom. The summed E-state index contributed by atoms with van der Waals surface area (Å²) in [5.74, 6) is -2.01. The van der Waals surface area contributed by atoms with E-state index in [9.17, 15) is 14.4 Å². The van der Waals surface area contributed by atoms with Gasteiger partial charge in [-0.3, -0.25) is 14.4 Å². The van der Waals surface area contributed by atoms with E-state index < -0.39 is 31.0 Å². The minimum atomic E-state index is -0.763. The molecule has 0 fully saturated rings. The van der Waals surface area contributed by atoms with E-state index in [1.807, 2.05) is 6.07 Å². The molecule has 0 saturated carbocycles. The Balaban J connectivity index is 3.01. The standard InChI is InChI=1S/C13H12ClN3O5/c1-7(19)22-6-12(21)17-10-3-8(4-15)2-9(13(10)14)16-11(20)5-18/h2-3,18H,5-6H2,1H3,(H,16,20)(H,17,21). The number of nitriles is 1. The number of esters is 1. The predicted molar refractivity (Wildman–Crippen MR) is 77.1 cm³/mol. The van der Waals surface area contributed by atoms with Crippen molar-refractivity contribution in [1.82, 2.24) is 0 Å². The van der Waals surface area contributed by atoms with Crippen LogP contribution in [0, 0.1) is 11.3 Å². The van der Waals surface area contributed by atoms with Gasteiger partial charge < -0.3 is 20.5 Å². The van der Waals surface area contributed by atoms with Gasteiger partial charge in [-0.1, -0.05) is 11.6 Å². The molecular weight excluding hydrogens is 314 g/mol. The summed E-state index contributed by atoms with van der Waals surface area (Å²) >= 11 is 6.02. The van der Waals surface area contributed by atoms with Crippen LogP contribution in [-0.4, -0.2) is 36.1 Å². The van der Waals surface area contributed by atoms with E-state index in [2.05, 4.69) is 15.4 Å². The molecule has 0 aliphatic rings. The number of carbonyl (C=O) groups is 3. The fourth-order valence-corrected chi connectivity index (χ4v) is 1.62. The normalized spacial score (nSPS) is 9.55. The Morgan fingerprint density at radius 3 is 2.27 bits per heavy atom. The molecule has 116 valence electrons. The van der Waals surface area contributed by atoms with Crippen LogP contribution in [0.5, 0.6) is 0 Å². The molecule has 0 aliphatic carbocycles. The minimum Gasteiger partial charge on any atom is -0.456 e. The van der Waals surface area contributed by atoms with E-state index in [1.165, 1.54) is 12.1 Å². The molecule has 0 saturated heterocycles. The average molecular weight is 326 g/mol. The van der Waals surface area contributed by atoms with Gasteiger partial charge in [0.2, 0.25) is 5.91 Å². The fourth-order valence-electron chi connectivity index (χ4n) is 1.41. The Kier molecular flexibility index (Phi) is 6.31. The highest BCUT2D eigenvalue weighted by molar-refractivity contribution is 6.37. The molecule has 0 unspecified atom stereocenters. The average Bonchev–Trinajstić information content (AvgIpc) is 2.48. The first-order chi connectivity index (χ1) is 10.4. The summed E-state index contributed by atoms with van der Waals surface area (Å²) in [6, 6.07) is 4.42. The highest BCUT2D eigenvalue weighted by atomic mass is 35.5. The highest BCUT2D eigenvalue weighted by Gasteiger charge is 2.14.